The second kappa shape index (κ2) is 4.96. The summed E-state index contributed by atoms with van der Waals surface area (Å²) in [6.07, 6.45) is 3.12. The summed E-state index contributed by atoms with van der Waals surface area (Å²) >= 11 is 0. The predicted molar refractivity (Wildman–Crippen MR) is 69.3 cm³/mol. The van der Waals surface area contributed by atoms with Crippen molar-refractivity contribution in [3.63, 3.8) is 0 Å². The van der Waals surface area contributed by atoms with Crippen LogP contribution in [0.2, 0.25) is 0 Å². The number of rotatable bonds is 3. The number of carbonyl (C=O) groups excluding carboxylic acids is 1. The maximum absolute atomic E-state index is 12.7. The van der Waals surface area contributed by atoms with E-state index in [9.17, 15) is 9.18 Å². The predicted octanol–water partition coefficient (Wildman–Crippen LogP) is 3.10. The molecule has 2 N–H and O–H groups in total. The molecule has 3 nitrogen and oxygen atoms in total. The molecule has 1 aliphatic carbocycles. The average Bonchev–Trinajstić information content (AvgIpc) is 2.68. The summed E-state index contributed by atoms with van der Waals surface area (Å²) in [5.41, 5.74) is 6.27. The molecule has 1 aromatic carbocycles. The molecule has 0 bridgehead atoms. The minimum absolute atomic E-state index is 0.0156. The number of hydrogen-bond acceptors (Lipinski definition) is 2. The van der Waals surface area contributed by atoms with Crippen LogP contribution >= 0.6 is 0 Å². The van der Waals surface area contributed by atoms with Gasteiger partial charge in [0.15, 0.2) is 0 Å². The van der Waals surface area contributed by atoms with Crippen molar-refractivity contribution in [2.75, 3.05) is 5.43 Å². The van der Waals surface area contributed by atoms with Gasteiger partial charge in [-0.2, -0.15) is 0 Å². The van der Waals surface area contributed by atoms with Gasteiger partial charge in [-0.3, -0.25) is 15.6 Å². The third-order valence-corrected chi connectivity index (χ3v) is 3.75. The van der Waals surface area contributed by atoms with Gasteiger partial charge >= 0.3 is 0 Å². The molecular formula is C14H19FN2O. The zero-order valence-electron chi connectivity index (χ0n) is 10.8. The van der Waals surface area contributed by atoms with Gasteiger partial charge in [0.25, 0.3) is 0 Å². The van der Waals surface area contributed by atoms with Gasteiger partial charge in [0.2, 0.25) is 5.91 Å². The molecule has 1 atom stereocenters. The second-order valence-corrected chi connectivity index (χ2v) is 5.55. The fourth-order valence-corrected chi connectivity index (χ4v) is 2.57. The van der Waals surface area contributed by atoms with Crippen molar-refractivity contribution < 1.29 is 9.18 Å². The Morgan fingerprint density at radius 1 is 1.33 bits per heavy atom. The summed E-state index contributed by atoms with van der Waals surface area (Å²) in [5.74, 6) is -0.226. The molecule has 1 amide bonds. The first-order chi connectivity index (χ1) is 8.49. The molecule has 1 fully saturated rings. The van der Waals surface area contributed by atoms with Crippen LogP contribution in [-0.4, -0.2) is 5.91 Å². The molecule has 0 aromatic heterocycles. The molecule has 98 valence electrons. The van der Waals surface area contributed by atoms with Crippen molar-refractivity contribution in [3.05, 3.63) is 30.1 Å². The first-order valence-electron chi connectivity index (χ1n) is 6.30. The molecule has 18 heavy (non-hydrogen) atoms. The molecule has 0 aliphatic heterocycles. The molecule has 0 saturated heterocycles. The van der Waals surface area contributed by atoms with E-state index in [0.717, 1.165) is 19.3 Å². The van der Waals surface area contributed by atoms with Crippen LogP contribution in [0.4, 0.5) is 10.1 Å². The van der Waals surface area contributed by atoms with Crippen molar-refractivity contribution in [1.82, 2.24) is 5.43 Å². The zero-order valence-corrected chi connectivity index (χ0v) is 10.8. The van der Waals surface area contributed by atoms with Crippen molar-refractivity contribution in [3.8, 4) is 0 Å². The number of hydrogen-bond donors (Lipinski definition) is 2. The van der Waals surface area contributed by atoms with E-state index in [2.05, 4.69) is 24.7 Å². The minimum atomic E-state index is -0.288. The van der Waals surface area contributed by atoms with E-state index in [1.165, 1.54) is 12.1 Å². The van der Waals surface area contributed by atoms with Crippen LogP contribution in [-0.2, 0) is 4.79 Å². The highest BCUT2D eigenvalue weighted by Crippen LogP contribution is 2.42. The summed E-state index contributed by atoms with van der Waals surface area (Å²) in [6.45, 7) is 4.25. The summed E-state index contributed by atoms with van der Waals surface area (Å²) in [6, 6.07) is 5.90. The lowest BCUT2D eigenvalue weighted by Crippen LogP contribution is -2.39. The minimum Gasteiger partial charge on any atom is -0.299 e. The monoisotopic (exact) mass is 250 g/mol. The molecule has 1 unspecified atom stereocenters. The van der Waals surface area contributed by atoms with E-state index in [-0.39, 0.29) is 23.1 Å². The van der Waals surface area contributed by atoms with Gasteiger partial charge < -0.3 is 0 Å². The number of hydrazine groups is 1. The van der Waals surface area contributed by atoms with E-state index in [0.29, 0.717) is 5.69 Å². The maximum atomic E-state index is 12.7. The Morgan fingerprint density at radius 2 is 2.00 bits per heavy atom. The fraction of sp³-hybridized carbons (Fsp3) is 0.500. The van der Waals surface area contributed by atoms with Gasteiger partial charge in [-0.25, -0.2) is 4.39 Å². The molecule has 1 aromatic rings. The molecule has 0 heterocycles. The van der Waals surface area contributed by atoms with E-state index < -0.39 is 0 Å². The van der Waals surface area contributed by atoms with Crippen LogP contribution in [0.25, 0.3) is 0 Å². The van der Waals surface area contributed by atoms with Gasteiger partial charge in [-0.15, -0.1) is 0 Å². The van der Waals surface area contributed by atoms with Gasteiger partial charge in [-0.05, 0) is 42.5 Å². The standard InChI is InChI=1S/C14H19FN2O/c1-14(2)9-3-4-12(14)13(18)17-16-11-7-5-10(15)6-8-11/h5-8,12,16H,3-4,9H2,1-2H3,(H,17,18). The van der Waals surface area contributed by atoms with Gasteiger partial charge in [0.05, 0.1) is 5.69 Å². The number of amides is 1. The first-order valence-corrected chi connectivity index (χ1v) is 6.30. The van der Waals surface area contributed by atoms with E-state index in [4.69, 9.17) is 0 Å². The van der Waals surface area contributed by atoms with Gasteiger partial charge in [0.1, 0.15) is 5.82 Å². The normalized spacial score (nSPS) is 21.6. The lowest BCUT2D eigenvalue weighted by atomic mass is 9.81. The number of carbonyl (C=O) groups is 1. The number of anilines is 1. The largest absolute Gasteiger partial charge is 0.299 e. The molecule has 4 heteroatoms. The summed E-state index contributed by atoms with van der Waals surface area (Å²) in [7, 11) is 0. The Labute approximate surface area is 107 Å². The Morgan fingerprint density at radius 3 is 2.56 bits per heavy atom. The molecule has 0 spiro atoms. The maximum Gasteiger partial charge on any atom is 0.241 e. The van der Waals surface area contributed by atoms with Crippen LogP contribution in [0, 0.1) is 17.2 Å². The lowest BCUT2D eigenvalue weighted by Gasteiger charge is -2.26. The molecule has 1 saturated carbocycles. The number of halogens is 1. The molecule has 2 rings (SSSR count). The summed E-state index contributed by atoms with van der Waals surface area (Å²) in [5, 5.41) is 0. The van der Waals surface area contributed by atoms with Crippen LogP contribution in [0.3, 0.4) is 0 Å². The quantitative estimate of drug-likeness (QED) is 0.809. The first kappa shape index (κ1) is 12.9. The van der Waals surface area contributed by atoms with Crippen molar-refractivity contribution in [1.29, 1.82) is 0 Å². The highest BCUT2D eigenvalue weighted by atomic mass is 19.1. The zero-order chi connectivity index (χ0) is 13.2. The van der Waals surface area contributed by atoms with Crippen LogP contribution in [0.5, 0.6) is 0 Å². The van der Waals surface area contributed by atoms with E-state index >= 15 is 0 Å². The van der Waals surface area contributed by atoms with E-state index in [1.807, 2.05) is 0 Å². The molecule has 1 aliphatic rings. The molecule has 0 radical (unpaired) electrons. The SMILES string of the molecule is CC1(C)CCCC1C(=O)NNc1ccc(F)cc1. The Hall–Kier alpha value is -1.58. The van der Waals surface area contributed by atoms with Gasteiger partial charge in [0, 0.05) is 5.92 Å². The summed E-state index contributed by atoms with van der Waals surface area (Å²) < 4.78 is 12.7. The van der Waals surface area contributed by atoms with E-state index in [1.54, 1.807) is 12.1 Å². The highest BCUT2D eigenvalue weighted by Gasteiger charge is 2.39. The van der Waals surface area contributed by atoms with Crippen LogP contribution in [0.15, 0.2) is 24.3 Å². The smallest absolute Gasteiger partial charge is 0.241 e. The number of nitrogens with one attached hydrogen (secondary N) is 2. The summed E-state index contributed by atoms with van der Waals surface area (Å²) in [4.78, 5) is 12.1. The highest BCUT2D eigenvalue weighted by molar-refractivity contribution is 5.81. The second-order valence-electron chi connectivity index (χ2n) is 5.55. The van der Waals surface area contributed by atoms with Crippen molar-refractivity contribution in [2.45, 2.75) is 33.1 Å². The lowest BCUT2D eigenvalue weighted by molar-refractivity contribution is -0.127. The average molecular weight is 250 g/mol. The van der Waals surface area contributed by atoms with Crippen molar-refractivity contribution in [2.24, 2.45) is 11.3 Å². The van der Waals surface area contributed by atoms with Crippen LogP contribution < -0.4 is 10.9 Å². The van der Waals surface area contributed by atoms with Crippen LogP contribution in [0.1, 0.15) is 33.1 Å². The Balaban J connectivity index is 1.90. The third kappa shape index (κ3) is 2.81. The number of benzene rings is 1. The Kier molecular flexibility index (Phi) is 3.55. The Bertz CT molecular complexity index is 428. The third-order valence-electron chi connectivity index (χ3n) is 3.75. The van der Waals surface area contributed by atoms with Gasteiger partial charge in [-0.1, -0.05) is 20.3 Å². The molecular weight excluding hydrogens is 231 g/mol. The topological polar surface area (TPSA) is 41.1 Å². The van der Waals surface area contributed by atoms with Crippen molar-refractivity contribution >= 4 is 11.6 Å². The fourth-order valence-electron chi connectivity index (χ4n) is 2.57.